The molecular weight excluding hydrogens is 291 g/mol. The summed E-state index contributed by atoms with van der Waals surface area (Å²) in [7, 11) is -0.925. The second-order valence-corrected chi connectivity index (χ2v) is 5.36. The molecule has 0 aliphatic rings. The van der Waals surface area contributed by atoms with Crippen LogP contribution in [0, 0.1) is 0 Å². The molecule has 102 valence electrons. The van der Waals surface area contributed by atoms with Crippen molar-refractivity contribution in [2.75, 3.05) is 23.9 Å². The van der Waals surface area contributed by atoms with E-state index in [1.165, 1.54) is 0 Å². The molecule has 4 nitrogen and oxygen atoms in total. The van der Waals surface area contributed by atoms with Crippen molar-refractivity contribution >= 4 is 28.2 Å². The van der Waals surface area contributed by atoms with Crippen LogP contribution in [0.2, 0.25) is 5.28 Å². The van der Waals surface area contributed by atoms with Crippen LogP contribution in [-0.4, -0.2) is 32.7 Å². The molecule has 9 heteroatoms. The van der Waals surface area contributed by atoms with Crippen molar-refractivity contribution < 1.29 is 17.4 Å². The topological polar surface area (TPSA) is 54.9 Å². The van der Waals surface area contributed by atoms with Gasteiger partial charge in [0.15, 0.2) is 5.69 Å². The minimum Gasteiger partial charge on any atom is -0.370 e. The van der Waals surface area contributed by atoms with Gasteiger partial charge in [0, 0.05) is 35.4 Å². The monoisotopic (exact) mass is 301 g/mol. The van der Waals surface area contributed by atoms with E-state index >= 15 is 0 Å². The fourth-order valence-corrected chi connectivity index (χ4v) is 1.88. The molecule has 1 rings (SSSR count). The van der Waals surface area contributed by atoms with Gasteiger partial charge in [-0.2, -0.15) is 13.2 Å². The first-order valence-corrected chi connectivity index (χ1v) is 7.05. The van der Waals surface area contributed by atoms with E-state index in [-0.39, 0.29) is 5.82 Å². The lowest BCUT2D eigenvalue weighted by molar-refractivity contribution is -0.141. The smallest absolute Gasteiger partial charge is 0.370 e. The average Bonchev–Trinajstić information content (AvgIpc) is 2.22. The van der Waals surface area contributed by atoms with Gasteiger partial charge in [-0.25, -0.2) is 9.97 Å². The highest BCUT2D eigenvalue weighted by Gasteiger charge is 2.33. The molecule has 0 bridgehead atoms. The lowest BCUT2D eigenvalue weighted by atomic mass is 10.3. The predicted molar refractivity (Wildman–Crippen MR) is 64.1 cm³/mol. The van der Waals surface area contributed by atoms with E-state index in [0.717, 1.165) is 6.07 Å². The molecule has 1 aromatic heterocycles. The zero-order chi connectivity index (χ0) is 13.8. The number of anilines is 1. The molecule has 1 aromatic rings. The van der Waals surface area contributed by atoms with Crippen molar-refractivity contribution in [3.63, 3.8) is 0 Å². The summed E-state index contributed by atoms with van der Waals surface area (Å²) in [5.41, 5.74) is -1.09. The SMILES string of the molecule is CS(=O)CCCNc1cc(C(F)(F)F)nc(Cl)n1. The zero-order valence-electron chi connectivity index (χ0n) is 9.42. The van der Waals surface area contributed by atoms with E-state index in [9.17, 15) is 17.4 Å². The maximum atomic E-state index is 12.4. The summed E-state index contributed by atoms with van der Waals surface area (Å²) in [5, 5.41) is 2.22. The van der Waals surface area contributed by atoms with Crippen LogP contribution in [0.4, 0.5) is 19.0 Å². The van der Waals surface area contributed by atoms with Crippen LogP contribution in [0.25, 0.3) is 0 Å². The van der Waals surface area contributed by atoms with E-state index < -0.39 is 28.0 Å². The molecule has 0 radical (unpaired) electrons. The maximum absolute atomic E-state index is 12.4. The number of nitrogens with one attached hydrogen (secondary N) is 1. The van der Waals surface area contributed by atoms with Gasteiger partial charge >= 0.3 is 6.18 Å². The molecule has 0 saturated heterocycles. The predicted octanol–water partition coefficient (Wildman–Crippen LogP) is 2.33. The quantitative estimate of drug-likeness (QED) is 0.670. The summed E-state index contributed by atoms with van der Waals surface area (Å²) in [5.74, 6) is 0.474. The fourth-order valence-electron chi connectivity index (χ4n) is 1.15. The Labute approximate surface area is 109 Å². The Bertz CT molecular complexity index is 442. The Balaban J connectivity index is 2.66. The van der Waals surface area contributed by atoms with Gasteiger partial charge in [-0.05, 0) is 18.0 Å². The second kappa shape index (κ2) is 6.33. The highest BCUT2D eigenvalue weighted by Crippen LogP contribution is 2.29. The molecule has 1 heterocycles. The highest BCUT2D eigenvalue weighted by atomic mass is 35.5. The van der Waals surface area contributed by atoms with Crippen LogP contribution < -0.4 is 5.32 Å². The molecule has 0 amide bonds. The maximum Gasteiger partial charge on any atom is 0.433 e. The van der Waals surface area contributed by atoms with Crippen molar-refractivity contribution in [1.29, 1.82) is 0 Å². The third-order valence-electron chi connectivity index (χ3n) is 1.90. The first kappa shape index (κ1) is 15.2. The number of hydrogen-bond acceptors (Lipinski definition) is 4. The van der Waals surface area contributed by atoms with E-state index in [2.05, 4.69) is 15.3 Å². The Morgan fingerprint density at radius 1 is 1.44 bits per heavy atom. The molecular formula is C9H11ClF3N3OS. The molecule has 0 saturated carbocycles. The van der Waals surface area contributed by atoms with Gasteiger partial charge < -0.3 is 5.32 Å². The van der Waals surface area contributed by atoms with E-state index in [4.69, 9.17) is 11.6 Å². The van der Waals surface area contributed by atoms with Gasteiger partial charge in [-0.1, -0.05) is 0 Å². The van der Waals surface area contributed by atoms with Crippen molar-refractivity contribution in [2.24, 2.45) is 0 Å². The zero-order valence-corrected chi connectivity index (χ0v) is 11.0. The van der Waals surface area contributed by atoms with Crippen LogP contribution >= 0.6 is 11.6 Å². The van der Waals surface area contributed by atoms with Crippen molar-refractivity contribution in [2.45, 2.75) is 12.6 Å². The van der Waals surface area contributed by atoms with Crippen LogP contribution in [0.3, 0.4) is 0 Å². The molecule has 0 aliphatic heterocycles. The largest absolute Gasteiger partial charge is 0.433 e. The Morgan fingerprint density at radius 2 is 2.11 bits per heavy atom. The lowest BCUT2D eigenvalue weighted by Gasteiger charge is -2.09. The first-order chi connectivity index (χ1) is 8.29. The molecule has 18 heavy (non-hydrogen) atoms. The Hall–Kier alpha value is -0.890. The number of rotatable bonds is 5. The second-order valence-electron chi connectivity index (χ2n) is 3.46. The summed E-state index contributed by atoms with van der Waals surface area (Å²) in [6.45, 7) is 0.365. The minimum atomic E-state index is -4.56. The first-order valence-electron chi connectivity index (χ1n) is 4.94. The summed E-state index contributed by atoms with van der Waals surface area (Å²) in [6.07, 6.45) is -2.44. The van der Waals surface area contributed by atoms with Crippen molar-refractivity contribution in [3.05, 3.63) is 17.0 Å². The lowest BCUT2D eigenvalue weighted by Crippen LogP contribution is -2.12. The van der Waals surface area contributed by atoms with E-state index in [1.807, 2.05) is 0 Å². The van der Waals surface area contributed by atoms with Gasteiger partial charge in [0.2, 0.25) is 5.28 Å². The highest BCUT2D eigenvalue weighted by molar-refractivity contribution is 7.84. The number of hydrogen-bond donors (Lipinski definition) is 1. The molecule has 0 fully saturated rings. The van der Waals surface area contributed by atoms with Crippen LogP contribution in [0.15, 0.2) is 6.07 Å². The molecule has 0 spiro atoms. The molecule has 1 unspecified atom stereocenters. The van der Waals surface area contributed by atoms with Crippen molar-refractivity contribution in [3.8, 4) is 0 Å². The standard InChI is InChI=1S/C9H11ClF3N3OS/c1-18(17)4-2-3-14-7-5-6(9(11,12)13)15-8(10)16-7/h5H,2-4H2,1H3,(H,14,15,16). The fraction of sp³-hybridized carbons (Fsp3) is 0.556. The minimum absolute atomic E-state index is 0.00390. The van der Waals surface area contributed by atoms with Crippen LogP contribution in [0.1, 0.15) is 12.1 Å². The van der Waals surface area contributed by atoms with E-state index in [1.54, 1.807) is 6.26 Å². The van der Waals surface area contributed by atoms with E-state index in [0.29, 0.717) is 18.7 Å². The molecule has 0 aromatic carbocycles. The summed E-state index contributed by atoms with van der Waals surface area (Å²) in [4.78, 5) is 6.73. The van der Waals surface area contributed by atoms with Crippen molar-refractivity contribution in [1.82, 2.24) is 9.97 Å². The van der Waals surface area contributed by atoms with Gasteiger partial charge in [-0.15, -0.1) is 0 Å². The molecule has 0 aliphatic carbocycles. The third kappa shape index (κ3) is 5.18. The summed E-state index contributed by atoms with van der Waals surface area (Å²) >= 11 is 5.41. The van der Waals surface area contributed by atoms with Gasteiger partial charge in [0.1, 0.15) is 5.82 Å². The number of nitrogens with zero attached hydrogens (tertiary/aromatic N) is 2. The molecule has 1 N–H and O–H groups in total. The number of alkyl halides is 3. The average molecular weight is 302 g/mol. The van der Waals surface area contributed by atoms with Crippen LogP contribution in [-0.2, 0) is 17.0 Å². The van der Waals surface area contributed by atoms with Gasteiger partial charge in [-0.3, -0.25) is 4.21 Å². The number of aromatic nitrogens is 2. The number of halogens is 4. The van der Waals surface area contributed by atoms with Crippen LogP contribution in [0.5, 0.6) is 0 Å². The Kier molecular flexibility index (Phi) is 5.33. The summed E-state index contributed by atoms with van der Waals surface area (Å²) in [6, 6.07) is 0.786. The van der Waals surface area contributed by atoms with Gasteiger partial charge in [0.25, 0.3) is 0 Å². The van der Waals surface area contributed by atoms with Gasteiger partial charge in [0.05, 0.1) is 0 Å². The third-order valence-corrected chi connectivity index (χ3v) is 2.94. The Morgan fingerprint density at radius 3 is 2.67 bits per heavy atom. The summed E-state index contributed by atoms with van der Waals surface area (Å²) < 4.78 is 48.1. The normalized spacial score (nSPS) is 13.4. The molecule has 1 atom stereocenters.